The van der Waals surface area contributed by atoms with Gasteiger partial charge in [-0.15, -0.1) is 0 Å². The first kappa shape index (κ1) is 19.3. The van der Waals surface area contributed by atoms with Gasteiger partial charge in [-0.1, -0.05) is 18.2 Å². The lowest BCUT2D eigenvalue weighted by Crippen LogP contribution is -2.12. The number of nitrogen functional groups attached to an aromatic ring is 1. The number of aromatic nitrogens is 2. The molecule has 0 aliphatic heterocycles. The second-order valence-corrected chi connectivity index (χ2v) is 6.64. The van der Waals surface area contributed by atoms with Crippen molar-refractivity contribution in [3.8, 4) is 5.75 Å². The Kier molecular flexibility index (Phi) is 5.29. The van der Waals surface area contributed by atoms with Crippen LogP contribution in [0, 0.1) is 0 Å². The van der Waals surface area contributed by atoms with Crippen LogP contribution in [0.15, 0.2) is 42.5 Å². The van der Waals surface area contributed by atoms with Gasteiger partial charge in [-0.05, 0) is 29.8 Å². The van der Waals surface area contributed by atoms with Gasteiger partial charge in [0, 0.05) is 12.4 Å². The minimum atomic E-state index is -4.77. The summed E-state index contributed by atoms with van der Waals surface area (Å²) in [6.45, 7) is -0.0947. The van der Waals surface area contributed by atoms with Crippen molar-refractivity contribution in [3.05, 3.63) is 53.6 Å². The van der Waals surface area contributed by atoms with E-state index in [1.54, 1.807) is 25.2 Å². The zero-order chi connectivity index (χ0) is 20.3. The van der Waals surface area contributed by atoms with Crippen LogP contribution in [0.3, 0.4) is 0 Å². The highest BCUT2D eigenvalue weighted by Crippen LogP contribution is 2.24. The zero-order valence-corrected chi connectivity index (χ0v) is 15.4. The van der Waals surface area contributed by atoms with E-state index in [4.69, 9.17) is 15.0 Å². The lowest BCUT2D eigenvalue weighted by Gasteiger charge is -2.10. The number of esters is 1. The third-order valence-corrected chi connectivity index (χ3v) is 4.08. The standard InChI is InChI=1S/C17H16N4O6S/c1-19-15-12-8-10(6-7-13(12)20-17(18)21-15)9-26-16(22)11-4-2-3-5-14(11)27-28(23,24)25/h2-8H,9H2,1H3,(H,23,24,25)(H3,18,19,20,21). The van der Waals surface area contributed by atoms with Crippen molar-refractivity contribution in [2.45, 2.75) is 6.61 Å². The number of nitrogens with one attached hydrogen (secondary N) is 1. The highest BCUT2D eigenvalue weighted by Gasteiger charge is 2.18. The van der Waals surface area contributed by atoms with Crippen LogP contribution in [0.25, 0.3) is 10.9 Å². The molecule has 4 N–H and O–H groups in total. The number of hydrogen-bond acceptors (Lipinski definition) is 9. The Labute approximate surface area is 160 Å². The van der Waals surface area contributed by atoms with Gasteiger partial charge < -0.3 is 20.0 Å². The topological polar surface area (TPSA) is 154 Å². The number of hydrogen-bond donors (Lipinski definition) is 3. The smallest absolute Gasteiger partial charge is 0.446 e. The molecule has 3 aromatic rings. The van der Waals surface area contributed by atoms with Gasteiger partial charge in [-0.25, -0.2) is 9.78 Å². The first-order valence-electron chi connectivity index (χ1n) is 7.94. The summed E-state index contributed by atoms with van der Waals surface area (Å²) in [5.41, 5.74) is 6.79. The average Bonchev–Trinajstić information content (AvgIpc) is 2.64. The van der Waals surface area contributed by atoms with Gasteiger partial charge >= 0.3 is 16.4 Å². The van der Waals surface area contributed by atoms with Crippen molar-refractivity contribution in [3.63, 3.8) is 0 Å². The molecule has 0 saturated heterocycles. The average molecular weight is 404 g/mol. The van der Waals surface area contributed by atoms with Crippen molar-refractivity contribution in [1.29, 1.82) is 0 Å². The van der Waals surface area contributed by atoms with Crippen LogP contribution in [-0.4, -0.2) is 36.0 Å². The van der Waals surface area contributed by atoms with Crippen LogP contribution in [0.1, 0.15) is 15.9 Å². The molecule has 0 unspecified atom stereocenters. The molecule has 0 aliphatic carbocycles. The van der Waals surface area contributed by atoms with Crippen molar-refractivity contribution < 1.29 is 26.7 Å². The fourth-order valence-electron chi connectivity index (χ4n) is 2.52. The Balaban J connectivity index is 1.81. The van der Waals surface area contributed by atoms with Crippen LogP contribution < -0.4 is 15.2 Å². The summed E-state index contributed by atoms with van der Waals surface area (Å²) in [4.78, 5) is 20.6. The number of carbonyl (C=O) groups excluding carboxylic acids is 1. The number of benzene rings is 2. The van der Waals surface area contributed by atoms with Crippen LogP contribution in [-0.2, 0) is 21.7 Å². The van der Waals surface area contributed by atoms with E-state index >= 15 is 0 Å². The number of rotatable bonds is 6. The zero-order valence-electron chi connectivity index (χ0n) is 14.6. The Hall–Kier alpha value is -3.44. The first-order valence-corrected chi connectivity index (χ1v) is 9.30. The number of nitrogens with zero attached hydrogens (tertiary/aromatic N) is 2. The largest absolute Gasteiger partial charge is 0.457 e. The molecule has 1 heterocycles. The van der Waals surface area contributed by atoms with Crippen LogP contribution in [0.4, 0.5) is 11.8 Å². The first-order chi connectivity index (χ1) is 13.3. The lowest BCUT2D eigenvalue weighted by atomic mass is 10.1. The predicted molar refractivity (Wildman–Crippen MR) is 101 cm³/mol. The van der Waals surface area contributed by atoms with E-state index in [9.17, 15) is 13.2 Å². The van der Waals surface area contributed by atoms with Crippen molar-refractivity contribution in [2.24, 2.45) is 0 Å². The third-order valence-electron chi connectivity index (χ3n) is 3.69. The number of para-hydroxylation sites is 1. The Morgan fingerprint density at radius 1 is 1.21 bits per heavy atom. The van der Waals surface area contributed by atoms with Gasteiger partial charge in [0.15, 0.2) is 5.75 Å². The fraction of sp³-hybridized carbons (Fsp3) is 0.118. The molecule has 0 radical (unpaired) electrons. The van der Waals surface area contributed by atoms with Crippen LogP contribution in [0.5, 0.6) is 5.75 Å². The predicted octanol–water partition coefficient (Wildman–Crippen LogP) is 1.79. The molecule has 2 aromatic carbocycles. The molecule has 0 bridgehead atoms. The van der Waals surface area contributed by atoms with E-state index in [0.29, 0.717) is 22.3 Å². The van der Waals surface area contributed by atoms with Crippen LogP contribution in [0.2, 0.25) is 0 Å². The van der Waals surface area contributed by atoms with Gasteiger partial charge in [0.1, 0.15) is 18.0 Å². The second kappa shape index (κ2) is 7.66. The number of fused-ring (bicyclic) bond motifs is 1. The molecule has 0 atom stereocenters. The summed E-state index contributed by atoms with van der Waals surface area (Å²) in [5, 5.41) is 3.62. The van der Waals surface area contributed by atoms with E-state index in [1.807, 2.05) is 0 Å². The number of carbonyl (C=O) groups is 1. The lowest BCUT2D eigenvalue weighted by molar-refractivity contribution is 0.0471. The highest BCUT2D eigenvalue weighted by atomic mass is 32.3. The molecular weight excluding hydrogens is 388 g/mol. The molecule has 3 rings (SSSR count). The Bertz CT molecular complexity index is 1150. The van der Waals surface area contributed by atoms with Crippen molar-refractivity contribution >= 4 is 39.0 Å². The highest BCUT2D eigenvalue weighted by molar-refractivity contribution is 7.81. The summed E-state index contributed by atoms with van der Waals surface area (Å²) in [6.07, 6.45) is 0. The number of anilines is 2. The third kappa shape index (κ3) is 4.45. The fourth-order valence-corrected chi connectivity index (χ4v) is 2.89. The number of nitrogens with two attached hydrogens (primary N) is 1. The minimum Gasteiger partial charge on any atom is -0.457 e. The molecule has 0 saturated carbocycles. The van der Waals surface area contributed by atoms with Crippen molar-refractivity contribution in [2.75, 3.05) is 18.1 Å². The van der Waals surface area contributed by atoms with Gasteiger partial charge in [-0.3, -0.25) is 4.55 Å². The quantitative estimate of drug-likeness (QED) is 0.409. The summed E-state index contributed by atoms with van der Waals surface area (Å²) in [6, 6.07) is 10.7. The Morgan fingerprint density at radius 3 is 2.68 bits per heavy atom. The molecule has 146 valence electrons. The number of ether oxygens (including phenoxy) is 1. The molecule has 0 aliphatic rings. The van der Waals surface area contributed by atoms with E-state index < -0.39 is 16.4 Å². The Morgan fingerprint density at radius 2 is 1.96 bits per heavy atom. The molecule has 1 aromatic heterocycles. The van der Waals surface area contributed by atoms with Gasteiger partial charge in [-0.2, -0.15) is 13.4 Å². The van der Waals surface area contributed by atoms with E-state index in [1.165, 1.54) is 24.3 Å². The SMILES string of the molecule is CNc1nc(N)nc2ccc(COC(=O)c3ccccc3OS(=O)(=O)O)cc12. The van der Waals surface area contributed by atoms with E-state index in [-0.39, 0.29) is 23.9 Å². The van der Waals surface area contributed by atoms with E-state index in [2.05, 4.69) is 19.5 Å². The maximum atomic E-state index is 12.3. The molecular formula is C17H16N4O6S. The summed E-state index contributed by atoms with van der Waals surface area (Å²) < 4.78 is 40.3. The van der Waals surface area contributed by atoms with Crippen molar-refractivity contribution in [1.82, 2.24) is 9.97 Å². The second-order valence-electron chi connectivity index (χ2n) is 5.62. The molecule has 0 fully saturated rings. The minimum absolute atomic E-state index is 0.0947. The normalized spacial score (nSPS) is 11.2. The molecule has 10 nitrogen and oxygen atoms in total. The summed E-state index contributed by atoms with van der Waals surface area (Å²) in [7, 11) is -3.08. The monoisotopic (exact) mass is 404 g/mol. The maximum Gasteiger partial charge on any atom is 0.446 e. The summed E-state index contributed by atoms with van der Waals surface area (Å²) in [5.74, 6) is -0.495. The van der Waals surface area contributed by atoms with Gasteiger partial charge in [0.2, 0.25) is 5.95 Å². The molecule has 0 amide bonds. The summed E-state index contributed by atoms with van der Waals surface area (Å²) >= 11 is 0. The van der Waals surface area contributed by atoms with Crippen LogP contribution >= 0.6 is 0 Å². The maximum absolute atomic E-state index is 12.3. The van der Waals surface area contributed by atoms with E-state index in [0.717, 1.165) is 0 Å². The molecule has 0 spiro atoms. The van der Waals surface area contributed by atoms with Gasteiger partial charge in [0.25, 0.3) is 0 Å². The molecule has 11 heteroatoms. The van der Waals surface area contributed by atoms with Gasteiger partial charge in [0.05, 0.1) is 5.52 Å². The molecule has 28 heavy (non-hydrogen) atoms.